The Morgan fingerprint density at radius 3 is 2.29 bits per heavy atom. The second-order valence-electron chi connectivity index (χ2n) is 2.63. The molecule has 0 radical (unpaired) electrons. The lowest BCUT2D eigenvalue weighted by Gasteiger charge is -2.05. The highest BCUT2D eigenvalue weighted by molar-refractivity contribution is 5.92. The number of rotatable bonds is 1. The van der Waals surface area contributed by atoms with Gasteiger partial charge in [-0.1, -0.05) is 0 Å². The van der Waals surface area contributed by atoms with Gasteiger partial charge >= 0.3 is 5.97 Å². The van der Waals surface area contributed by atoms with Gasteiger partial charge < -0.3 is 16.2 Å². The van der Waals surface area contributed by atoms with Crippen LogP contribution in [0.1, 0.15) is 15.9 Å². The van der Waals surface area contributed by atoms with Crippen molar-refractivity contribution in [3.8, 4) is 6.07 Å². The molecule has 1 aromatic rings. The van der Waals surface area contributed by atoms with E-state index in [9.17, 15) is 4.79 Å². The molecule has 0 heterocycles. The van der Waals surface area contributed by atoms with Crippen LogP contribution in [0.3, 0.4) is 0 Å². The summed E-state index contributed by atoms with van der Waals surface area (Å²) in [7, 11) is 1.26. The molecule has 1 aromatic carbocycles. The fraction of sp³-hybridized carbons (Fsp3) is 0.111. The number of carbonyl (C=O) groups excluding carboxylic acids is 1. The van der Waals surface area contributed by atoms with E-state index in [-0.39, 0.29) is 22.5 Å². The minimum Gasteiger partial charge on any atom is -0.465 e. The van der Waals surface area contributed by atoms with Crippen LogP contribution in [-0.4, -0.2) is 13.1 Å². The third-order valence-electron chi connectivity index (χ3n) is 1.73. The van der Waals surface area contributed by atoms with Crippen LogP contribution < -0.4 is 11.5 Å². The van der Waals surface area contributed by atoms with Crippen molar-refractivity contribution in [3.05, 3.63) is 23.3 Å². The van der Waals surface area contributed by atoms with Crippen LogP contribution >= 0.6 is 0 Å². The Labute approximate surface area is 80.9 Å². The maximum absolute atomic E-state index is 11.1. The summed E-state index contributed by atoms with van der Waals surface area (Å²) in [5.74, 6) is -0.534. The van der Waals surface area contributed by atoms with E-state index in [4.69, 9.17) is 16.7 Å². The van der Waals surface area contributed by atoms with E-state index in [2.05, 4.69) is 4.74 Å². The molecule has 14 heavy (non-hydrogen) atoms. The molecule has 0 spiro atoms. The fourth-order valence-electron chi connectivity index (χ4n) is 1.05. The van der Waals surface area contributed by atoms with Gasteiger partial charge in [-0.2, -0.15) is 5.26 Å². The zero-order chi connectivity index (χ0) is 10.7. The number of methoxy groups -OCH3 is 1. The zero-order valence-corrected chi connectivity index (χ0v) is 7.57. The quantitative estimate of drug-likeness (QED) is 0.497. The maximum atomic E-state index is 11.1. The summed E-state index contributed by atoms with van der Waals surface area (Å²) < 4.78 is 4.49. The second kappa shape index (κ2) is 3.66. The molecule has 0 aliphatic heterocycles. The molecule has 72 valence electrons. The first-order chi connectivity index (χ1) is 6.60. The molecule has 0 fully saturated rings. The van der Waals surface area contributed by atoms with Crippen LogP contribution in [0, 0.1) is 11.3 Å². The summed E-state index contributed by atoms with van der Waals surface area (Å²) in [6.07, 6.45) is 0. The molecule has 1 rings (SSSR count). The molecule has 0 amide bonds. The lowest BCUT2D eigenvalue weighted by atomic mass is 10.1. The first-order valence-corrected chi connectivity index (χ1v) is 3.77. The Balaban J connectivity index is 3.29. The minimum atomic E-state index is -0.534. The average Bonchev–Trinajstić information content (AvgIpc) is 2.16. The number of nitriles is 1. The molecule has 4 N–H and O–H groups in total. The Kier molecular flexibility index (Phi) is 2.58. The van der Waals surface area contributed by atoms with Crippen LogP contribution in [-0.2, 0) is 4.74 Å². The Hall–Kier alpha value is -2.22. The number of hydrogen-bond donors (Lipinski definition) is 2. The minimum absolute atomic E-state index is 0.174. The highest BCUT2D eigenvalue weighted by Crippen LogP contribution is 2.21. The van der Waals surface area contributed by atoms with Crippen molar-refractivity contribution in [2.75, 3.05) is 18.6 Å². The molecule has 5 nitrogen and oxygen atoms in total. The van der Waals surface area contributed by atoms with E-state index in [1.165, 1.54) is 19.2 Å². The summed E-state index contributed by atoms with van der Waals surface area (Å²) in [4.78, 5) is 11.1. The predicted molar refractivity (Wildman–Crippen MR) is 51.3 cm³/mol. The number of hydrogen-bond acceptors (Lipinski definition) is 5. The number of benzene rings is 1. The largest absolute Gasteiger partial charge is 0.465 e. The van der Waals surface area contributed by atoms with Gasteiger partial charge in [0.1, 0.15) is 6.07 Å². The lowest BCUT2D eigenvalue weighted by Crippen LogP contribution is -2.05. The predicted octanol–water partition coefficient (Wildman–Crippen LogP) is 0.509. The van der Waals surface area contributed by atoms with Crippen molar-refractivity contribution in [2.45, 2.75) is 0 Å². The average molecular weight is 191 g/mol. The van der Waals surface area contributed by atoms with Gasteiger partial charge in [-0.05, 0) is 12.1 Å². The van der Waals surface area contributed by atoms with E-state index in [0.717, 1.165) is 0 Å². The van der Waals surface area contributed by atoms with Crippen LogP contribution in [0.15, 0.2) is 12.1 Å². The Bertz CT molecular complexity index is 398. The molecular weight excluding hydrogens is 182 g/mol. The van der Waals surface area contributed by atoms with Gasteiger partial charge in [0, 0.05) is 0 Å². The normalized spacial score (nSPS) is 9.14. The van der Waals surface area contributed by atoms with Crippen molar-refractivity contribution in [1.29, 1.82) is 5.26 Å². The van der Waals surface area contributed by atoms with Gasteiger partial charge in [0.15, 0.2) is 0 Å². The second-order valence-corrected chi connectivity index (χ2v) is 2.63. The summed E-state index contributed by atoms with van der Waals surface area (Å²) in [5.41, 5.74) is 11.8. The molecular formula is C9H9N3O2. The van der Waals surface area contributed by atoms with E-state index in [0.29, 0.717) is 0 Å². The number of anilines is 2. The van der Waals surface area contributed by atoms with Gasteiger partial charge in [-0.15, -0.1) is 0 Å². The molecule has 0 bridgehead atoms. The van der Waals surface area contributed by atoms with Gasteiger partial charge in [-0.25, -0.2) is 4.79 Å². The summed E-state index contributed by atoms with van der Waals surface area (Å²) in [6.45, 7) is 0. The van der Waals surface area contributed by atoms with Crippen LogP contribution in [0.25, 0.3) is 0 Å². The fourth-order valence-corrected chi connectivity index (χ4v) is 1.05. The Morgan fingerprint density at radius 1 is 1.43 bits per heavy atom. The molecule has 0 aliphatic carbocycles. The number of nitrogens with two attached hydrogens (primary N) is 2. The first kappa shape index (κ1) is 9.86. The van der Waals surface area contributed by atoms with Gasteiger partial charge in [-0.3, -0.25) is 0 Å². The van der Waals surface area contributed by atoms with Crippen LogP contribution in [0.5, 0.6) is 0 Å². The van der Waals surface area contributed by atoms with E-state index in [1.807, 2.05) is 6.07 Å². The molecule has 0 aromatic heterocycles. The van der Waals surface area contributed by atoms with Gasteiger partial charge in [0.05, 0.1) is 29.6 Å². The maximum Gasteiger partial charge on any atom is 0.337 e. The number of nitrogens with zero attached hydrogens (tertiary/aromatic N) is 1. The summed E-state index contributed by atoms with van der Waals surface area (Å²) >= 11 is 0. The summed E-state index contributed by atoms with van der Waals surface area (Å²) in [5, 5.41) is 8.66. The third kappa shape index (κ3) is 1.59. The molecule has 0 saturated heterocycles. The van der Waals surface area contributed by atoms with Crippen molar-refractivity contribution >= 4 is 17.3 Å². The van der Waals surface area contributed by atoms with Crippen LogP contribution in [0.2, 0.25) is 0 Å². The Morgan fingerprint density at radius 2 is 1.93 bits per heavy atom. The standard InChI is InChI=1S/C9H9N3O2/c1-14-9(13)5-2-7(11)6(4-10)8(12)3-5/h2-3H,11-12H2,1H3. The first-order valence-electron chi connectivity index (χ1n) is 3.77. The van der Waals surface area contributed by atoms with Crippen molar-refractivity contribution < 1.29 is 9.53 Å². The number of nitrogen functional groups attached to an aromatic ring is 2. The van der Waals surface area contributed by atoms with E-state index in [1.54, 1.807) is 0 Å². The topological polar surface area (TPSA) is 102 Å². The van der Waals surface area contributed by atoms with Crippen molar-refractivity contribution in [3.63, 3.8) is 0 Å². The highest BCUT2D eigenvalue weighted by Gasteiger charge is 2.11. The van der Waals surface area contributed by atoms with Crippen LogP contribution in [0.4, 0.5) is 11.4 Å². The summed E-state index contributed by atoms with van der Waals surface area (Å²) in [6, 6.07) is 4.57. The third-order valence-corrected chi connectivity index (χ3v) is 1.73. The monoisotopic (exact) mass is 191 g/mol. The van der Waals surface area contributed by atoms with Gasteiger partial charge in [0.2, 0.25) is 0 Å². The molecule has 0 aliphatic rings. The van der Waals surface area contributed by atoms with E-state index < -0.39 is 5.97 Å². The van der Waals surface area contributed by atoms with E-state index >= 15 is 0 Å². The lowest BCUT2D eigenvalue weighted by molar-refractivity contribution is 0.0601. The molecule has 0 unspecified atom stereocenters. The molecule has 0 atom stereocenters. The number of ether oxygens (including phenoxy) is 1. The zero-order valence-electron chi connectivity index (χ0n) is 7.57. The highest BCUT2D eigenvalue weighted by atomic mass is 16.5. The SMILES string of the molecule is COC(=O)c1cc(N)c(C#N)c(N)c1. The van der Waals surface area contributed by atoms with Gasteiger partial charge in [0.25, 0.3) is 0 Å². The van der Waals surface area contributed by atoms with Crippen molar-refractivity contribution in [2.24, 2.45) is 0 Å². The molecule has 5 heteroatoms. The smallest absolute Gasteiger partial charge is 0.337 e. The number of carbonyl (C=O) groups is 1. The van der Waals surface area contributed by atoms with Crippen molar-refractivity contribution in [1.82, 2.24) is 0 Å². The molecule has 0 saturated carbocycles. The number of esters is 1.